The van der Waals surface area contributed by atoms with E-state index in [4.69, 9.17) is 5.11 Å². The third kappa shape index (κ3) is 3.68. The van der Waals surface area contributed by atoms with Crippen molar-refractivity contribution >= 4 is 15.7 Å². The maximum absolute atomic E-state index is 12.0. The lowest BCUT2D eigenvalue weighted by Gasteiger charge is -2.22. The van der Waals surface area contributed by atoms with E-state index in [-0.39, 0.29) is 12.6 Å². The lowest BCUT2D eigenvalue weighted by atomic mass is 10.3. The van der Waals surface area contributed by atoms with E-state index in [0.717, 1.165) is 25.1 Å². The molecule has 6 heteroatoms. The molecule has 0 radical (unpaired) electrons. The summed E-state index contributed by atoms with van der Waals surface area (Å²) >= 11 is 0. The average Bonchev–Trinajstić information content (AvgIpc) is 3.19. The minimum Gasteiger partial charge on any atom is -0.395 e. The Balaban J connectivity index is 2.12. The first-order valence-electron chi connectivity index (χ1n) is 6.55. The molecular formula is C13H20N2O3S. The number of benzene rings is 1. The van der Waals surface area contributed by atoms with Crippen LogP contribution in [0, 0.1) is 0 Å². The molecule has 0 saturated heterocycles. The van der Waals surface area contributed by atoms with Crippen molar-refractivity contribution < 1.29 is 13.5 Å². The summed E-state index contributed by atoms with van der Waals surface area (Å²) in [6, 6.07) is 6.90. The van der Waals surface area contributed by atoms with Crippen LogP contribution in [0.1, 0.15) is 19.8 Å². The van der Waals surface area contributed by atoms with Gasteiger partial charge in [0.25, 0.3) is 0 Å². The summed E-state index contributed by atoms with van der Waals surface area (Å²) in [4.78, 5) is 2.29. The Kier molecular flexibility index (Phi) is 4.44. The summed E-state index contributed by atoms with van der Waals surface area (Å²) in [6.07, 6.45) is 1.86. The monoisotopic (exact) mass is 284 g/mol. The minimum absolute atomic E-state index is 0.0805. The largest absolute Gasteiger partial charge is 0.395 e. The van der Waals surface area contributed by atoms with E-state index in [9.17, 15) is 8.42 Å². The van der Waals surface area contributed by atoms with Gasteiger partial charge in [0.1, 0.15) is 0 Å². The third-order valence-electron chi connectivity index (χ3n) is 3.16. The van der Waals surface area contributed by atoms with E-state index in [2.05, 4.69) is 4.72 Å². The molecule has 0 spiro atoms. The van der Waals surface area contributed by atoms with E-state index < -0.39 is 10.0 Å². The Bertz CT molecular complexity index is 509. The molecule has 1 fully saturated rings. The Morgan fingerprint density at radius 1 is 1.32 bits per heavy atom. The maximum Gasteiger partial charge on any atom is 0.240 e. The number of hydrogen-bond donors (Lipinski definition) is 2. The van der Waals surface area contributed by atoms with Crippen LogP contribution >= 0.6 is 0 Å². The molecule has 0 heterocycles. The van der Waals surface area contributed by atoms with Crippen molar-refractivity contribution in [2.24, 2.45) is 0 Å². The smallest absolute Gasteiger partial charge is 0.240 e. The van der Waals surface area contributed by atoms with Crippen LogP contribution in [0.3, 0.4) is 0 Å². The van der Waals surface area contributed by atoms with Gasteiger partial charge in [0, 0.05) is 24.8 Å². The predicted molar refractivity (Wildman–Crippen MR) is 74.8 cm³/mol. The fourth-order valence-electron chi connectivity index (χ4n) is 1.92. The SMILES string of the molecule is CCN(CCO)c1ccc(S(=O)(=O)NC2CC2)cc1. The van der Waals surface area contributed by atoms with Gasteiger partial charge < -0.3 is 10.0 Å². The second kappa shape index (κ2) is 5.90. The van der Waals surface area contributed by atoms with Crippen LogP contribution in [0.15, 0.2) is 29.2 Å². The number of nitrogens with zero attached hydrogens (tertiary/aromatic N) is 1. The maximum atomic E-state index is 12.0. The van der Waals surface area contributed by atoms with Crippen molar-refractivity contribution in [2.75, 3.05) is 24.6 Å². The van der Waals surface area contributed by atoms with Crippen LogP contribution in [0.25, 0.3) is 0 Å². The van der Waals surface area contributed by atoms with Crippen molar-refractivity contribution in [1.82, 2.24) is 4.72 Å². The molecular weight excluding hydrogens is 264 g/mol. The zero-order valence-electron chi connectivity index (χ0n) is 11.0. The Labute approximate surface area is 114 Å². The molecule has 2 rings (SSSR count). The molecule has 5 nitrogen and oxygen atoms in total. The van der Waals surface area contributed by atoms with Crippen molar-refractivity contribution in [3.8, 4) is 0 Å². The molecule has 0 amide bonds. The number of aliphatic hydroxyl groups excluding tert-OH is 1. The highest BCUT2D eigenvalue weighted by molar-refractivity contribution is 7.89. The van der Waals surface area contributed by atoms with Gasteiger partial charge in [-0.3, -0.25) is 0 Å². The summed E-state index contributed by atoms with van der Waals surface area (Å²) in [5.41, 5.74) is 0.918. The Morgan fingerprint density at radius 3 is 2.42 bits per heavy atom. The number of aliphatic hydroxyl groups is 1. The summed E-state index contributed by atoms with van der Waals surface area (Å²) in [5.74, 6) is 0. The van der Waals surface area contributed by atoms with Crippen LogP contribution in [0.5, 0.6) is 0 Å². The highest BCUT2D eigenvalue weighted by Crippen LogP contribution is 2.23. The van der Waals surface area contributed by atoms with Gasteiger partial charge in [-0.1, -0.05) is 0 Å². The van der Waals surface area contributed by atoms with Gasteiger partial charge in [-0.2, -0.15) is 0 Å². The number of nitrogens with one attached hydrogen (secondary N) is 1. The van der Waals surface area contributed by atoms with Crippen LogP contribution in [0.2, 0.25) is 0 Å². The lowest BCUT2D eigenvalue weighted by molar-refractivity contribution is 0.302. The second-order valence-electron chi connectivity index (χ2n) is 4.69. The van der Waals surface area contributed by atoms with Crippen molar-refractivity contribution in [3.63, 3.8) is 0 Å². The summed E-state index contributed by atoms with van der Waals surface area (Å²) in [5, 5.41) is 8.97. The molecule has 0 aromatic heterocycles. The quantitative estimate of drug-likeness (QED) is 0.782. The fraction of sp³-hybridized carbons (Fsp3) is 0.538. The normalized spacial score (nSPS) is 15.5. The van der Waals surface area contributed by atoms with Crippen LogP contribution in [0.4, 0.5) is 5.69 Å². The second-order valence-corrected chi connectivity index (χ2v) is 6.41. The lowest BCUT2D eigenvalue weighted by Crippen LogP contribution is -2.27. The van der Waals surface area contributed by atoms with Gasteiger partial charge in [-0.05, 0) is 44.0 Å². The molecule has 1 saturated carbocycles. The molecule has 0 aliphatic heterocycles. The predicted octanol–water partition coefficient (Wildman–Crippen LogP) is 0.946. The van der Waals surface area contributed by atoms with Crippen LogP contribution < -0.4 is 9.62 Å². The van der Waals surface area contributed by atoms with Crippen LogP contribution in [-0.2, 0) is 10.0 Å². The zero-order valence-corrected chi connectivity index (χ0v) is 11.9. The molecule has 0 atom stereocenters. The van der Waals surface area contributed by atoms with Crippen molar-refractivity contribution in [2.45, 2.75) is 30.7 Å². The number of likely N-dealkylation sites (N-methyl/N-ethyl adjacent to an activating group) is 1. The topological polar surface area (TPSA) is 69.6 Å². The molecule has 0 unspecified atom stereocenters. The molecule has 106 valence electrons. The number of anilines is 1. The van der Waals surface area contributed by atoms with Gasteiger partial charge in [0.2, 0.25) is 10.0 Å². The number of hydrogen-bond acceptors (Lipinski definition) is 4. The molecule has 1 aromatic carbocycles. The van der Waals surface area contributed by atoms with Crippen molar-refractivity contribution in [1.29, 1.82) is 0 Å². The molecule has 2 N–H and O–H groups in total. The molecule has 1 aromatic rings. The molecule has 1 aliphatic rings. The van der Waals surface area contributed by atoms with E-state index in [1.54, 1.807) is 24.3 Å². The van der Waals surface area contributed by atoms with Crippen LogP contribution in [-0.4, -0.2) is 39.3 Å². The molecule has 0 bridgehead atoms. The first kappa shape index (κ1) is 14.3. The summed E-state index contributed by atoms with van der Waals surface area (Å²) < 4.78 is 26.6. The summed E-state index contributed by atoms with van der Waals surface area (Å²) in [7, 11) is -3.38. The van der Waals surface area contributed by atoms with E-state index >= 15 is 0 Å². The van der Waals surface area contributed by atoms with E-state index in [0.29, 0.717) is 11.4 Å². The zero-order chi connectivity index (χ0) is 13.9. The Morgan fingerprint density at radius 2 is 1.95 bits per heavy atom. The highest BCUT2D eigenvalue weighted by Gasteiger charge is 2.27. The first-order chi connectivity index (χ1) is 9.06. The first-order valence-corrected chi connectivity index (χ1v) is 8.03. The van der Waals surface area contributed by atoms with Crippen molar-refractivity contribution in [3.05, 3.63) is 24.3 Å². The molecule has 19 heavy (non-hydrogen) atoms. The Hall–Kier alpha value is -1.11. The summed E-state index contributed by atoms with van der Waals surface area (Å²) in [6.45, 7) is 3.39. The van der Waals surface area contributed by atoms with Gasteiger partial charge in [0.05, 0.1) is 11.5 Å². The standard InChI is InChI=1S/C13H20N2O3S/c1-2-15(9-10-16)12-5-7-13(8-6-12)19(17,18)14-11-3-4-11/h5-8,11,14,16H,2-4,9-10H2,1H3. The number of sulfonamides is 1. The fourth-order valence-corrected chi connectivity index (χ4v) is 3.22. The van der Waals surface area contributed by atoms with Gasteiger partial charge in [0.15, 0.2) is 0 Å². The average molecular weight is 284 g/mol. The van der Waals surface area contributed by atoms with Gasteiger partial charge >= 0.3 is 0 Å². The van der Waals surface area contributed by atoms with E-state index in [1.165, 1.54) is 0 Å². The van der Waals surface area contributed by atoms with Gasteiger partial charge in [-0.25, -0.2) is 13.1 Å². The minimum atomic E-state index is -3.38. The number of rotatable bonds is 7. The van der Waals surface area contributed by atoms with E-state index in [1.807, 2.05) is 11.8 Å². The molecule has 1 aliphatic carbocycles. The third-order valence-corrected chi connectivity index (χ3v) is 4.70. The van der Waals surface area contributed by atoms with Gasteiger partial charge in [-0.15, -0.1) is 0 Å². The highest BCUT2D eigenvalue weighted by atomic mass is 32.2.